The molecule has 78 valence electrons. The lowest BCUT2D eigenvalue weighted by atomic mass is 10.1. The summed E-state index contributed by atoms with van der Waals surface area (Å²) in [4.78, 5) is 0.930. The lowest BCUT2D eigenvalue weighted by molar-refractivity contribution is 0.218. The predicted octanol–water partition coefficient (Wildman–Crippen LogP) is 2.84. The van der Waals surface area contributed by atoms with Crippen LogP contribution in [0.15, 0.2) is 41.8 Å². The zero-order chi connectivity index (χ0) is 10.7. The number of hydrogen-bond donors (Lipinski definition) is 1. The number of aliphatic hydroxyl groups excluding tert-OH is 1. The van der Waals surface area contributed by atoms with Crippen molar-refractivity contribution in [3.63, 3.8) is 0 Å². The third-order valence-corrected chi connectivity index (χ3v) is 3.17. The maximum absolute atomic E-state index is 10.1. The SMILES string of the molecule is COc1ccccc1[C@@H](O)c1cccs1. The van der Waals surface area contributed by atoms with E-state index in [2.05, 4.69) is 0 Å². The summed E-state index contributed by atoms with van der Waals surface area (Å²) in [5.41, 5.74) is 0.808. The van der Waals surface area contributed by atoms with Gasteiger partial charge in [-0.2, -0.15) is 0 Å². The normalized spacial score (nSPS) is 12.4. The molecule has 0 saturated heterocycles. The molecule has 0 amide bonds. The van der Waals surface area contributed by atoms with E-state index in [4.69, 9.17) is 4.74 Å². The van der Waals surface area contributed by atoms with Gasteiger partial charge in [-0.05, 0) is 17.5 Å². The average molecular weight is 220 g/mol. The van der Waals surface area contributed by atoms with Gasteiger partial charge in [0.25, 0.3) is 0 Å². The van der Waals surface area contributed by atoms with Gasteiger partial charge in [-0.3, -0.25) is 0 Å². The van der Waals surface area contributed by atoms with Gasteiger partial charge in [-0.1, -0.05) is 24.3 Å². The molecule has 0 aliphatic heterocycles. The van der Waals surface area contributed by atoms with Crippen LogP contribution in [0.2, 0.25) is 0 Å². The molecule has 1 aromatic carbocycles. The molecule has 0 saturated carbocycles. The predicted molar refractivity (Wildman–Crippen MR) is 61.4 cm³/mol. The number of methoxy groups -OCH3 is 1. The zero-order valence-corrected chi connectivity index (χ0v) is 9.20. The van der Waals surface area contributed by atoms with Crippen LogP contribution in [0.4, 0.5) is 0 Å². The van der Waals surface area contributed by atoms with Crippen molar-refractivity contribution in [1.29, 1.82) is 0 Å². The molecule has 2 rings (SSSR count). The number of thiophene rings is 1. The second kappa shape index (κ2) is 4.47. The summed E-state index contributed by atoms with van der Waals surface area (Å²) >= 11 is 1.54. The van der Waals surface area contributed by atoms with Crippen LogP contribution in [0.5, 0.6) is 5.75 Å². The largest absolute Gasteiger partial charge is 0.496 e. The molecule has 1 atom stereocenters. The molecule has 0 fully saturated rings. The summed E-state index contributed by atoms with van der Waals surface area (Å²) < 4.78 is 5.21. The van der Waals surface area contributed by atoms with Gasteiger partial charge in [-0.25, -0.2) is 0 Å². The minimum Gasteiger partial charge on any atom is -0.496 e. The van der Waals surface area contributed by atoms with E-state index in [1.54, 1.807) is 7.11 Å². The summed E-state index contributed by atoms with van der Waals surface area (Å²) in [5, 5.41) is 12.1. The van der Waals surface area contributed by atoms with Crippen LogP contribution in [0.3, 0.4) is 0 Å². The number of aliphatic hydroxyl groups is 1. The molecule has 0 radical (unpaired) electrons. The monoisotopic (exact) mass is 220 g/mol. The van der Waals surface area contributed by atoms with Crippen molar-refractivity contribution in [1.82, 2.24) is 0 Å². The lowest BCUT2D eigenvalue weighted by Crippen LogP contribution is -1.99. The van der Waals surface area contributed by atoms with E-state index in [-0.39, 0.29) is 0 Å². The zero-order valence-electron chi connectivity index (χ0n) is 8.38. The standard InChI is InChI=1S/C12H12O2S/c1-14-10-6-3-2-5-9(10)12(13)11-7-4-8-15-11/h2-8,12-13H,1H3/t12-/m1/s1. The summed E-state index contributed by atoms with van der Waals surface area (Å²) in [6, 6.07) is 11.4. The van der Waals surface area contributed by atoms with E-state index in [0.717, 1.165) is 16.2 Å². The molecule has 0 spiro atoms. The van der Waals surface area contributed by atoms with Crippen molar-refractivity contribution in [3.05, 3.63) is 52.2 Å². The first-order valence-electron chi connectivity index (χ1n) is 4.67. The van der Waals surface area contributed by atoms with Crippen LogP contribution >= 0.6 is 11.3 Å². The molecule has 2 nitrogen and oxygen atoms in total. The smallest absolute Gasteiger partial charge is 0.125 e. The van der Waals surface area contributed by atoms with Crippen molar-refractivity contribution in [2.45, 2.75) is 6.10 Å². The van der Waals surface area contributed by atoms with Gasteiger partial charge in [0, 0.05) is 10.4 Å². The molecule has 3 heteroatoms. The molecular weight excluding hydrogens is 208 g/mol. The van der Waals surface area contributed by atoms with Crippen LogP contribution in [0.25, 0.3) is 0 Å². The Morgan fingerprint density at radius 3 is 2.67 bits per heavy atom. The highest BCUT2D eigenvalue weighted by Crippen LogP contribution is 2.31. The van der Waals surface area contributed by atoms with Crippen LogP contribution in [-0.4, -0.2) is 12.2 Å². The van der Waals surface area contributed by atoms with E-state index < -0.39 is 6.10 Å². The van der Waals surface area contributed by atoms with Crippen molar-refractivity contribution in [2.75, 3.05) is 7.11 Å². The summed E-state index contributed by atoms with van der Waals surface area (Å²) in [7, 11) is 1.61. The fourth-order valence-corrected chi connectivity index (χ4v) is 2.22. The minimum absolute atomic E-state index is 0.596. The Hall–Kier alpha value is -1.32. The average Bonchev–Trinajstić information content (AvgIpc) is 2.81. The summed E-state index contributed by atoms with van der Waals surface area (Å²) in [5.74, 6) is 0.721. The van der Waals surface area contributed by atoms with Gasteiger partial charge in [0.1, 0.15) is 11.9 Å². The maximum atomic E-state index is 10.1. The van der Waals surface area contributed by atoms with Gasteiger partial charge in [0.2, 0.25) is 0 Å². The van der Waals surface area contributed by atoms with Crippen LogP contribution < -0.4 is 4.74 Å². The molecular formula is C12H12O2S. The molecule has 0 unspecified atom stereocenters. The molecule has 1 heterocycles. The van der Waals surface area contributed by atoms with Gasteiger partial charge in [-0.15, -0.1) is 11.3 Å². The molecule has 0 bridgehead atoms. The molecule has 15 heavy (non-hydrogen) atoms. The fraction of sp³-hybridized carbons (Fsp3) is 0.167. The molecule has 1 N–H and O–H groups in total. The molecule has 2 aromatic rings. The van der Waals surface area contributed by atoms with Gasteiger partial charge in [0.15, 0.2) is 0 Å². The Labute approximate surface area is 92.8 Å². The van der Waals surface area contributed by atoms with Crippen molar-refractivity contribution in [3.8, 4) is 5.75 Å². The maximum Gasteiger partial charge on any atom is 0.125 e. The highest BCUT2D eigenvalue weighted by molar-refractivity contribution is 7.10. The van der Waals surface area contributed by atoms with Crippen LogP contribution in [-0.2, 0) is 0 Å². The van der Waals surface area contributed by atoms with Crippen molar-refractivity contribution in [2.24, 2.45) is 0 Å². The highest BCUT2D eigenvalue weighted by atomic mass is 32.1. The van der Waals surface area contributed by atoms with Crippen LogP contribution in [0.1, 0.15) is 16.5 Å². The Kier molecular flexibility index (Phi) is 3.04. The minimum atomic E-state index is -0.596. The van der Waals surface area contributed by atoms with E-state index >= 15 is 0 Å². The van der Waals surface area contributed by atoms with Crippen molar-refractivity contribution < 1.29 is 9.84 Å². The van der Waals surface area contributed by atoms with E-state index in [0.29, 0.717) is 0 Å². The highest BCUT2D eigenvalue weighted by Gasteiger charge is 2.15. The number of ether oxygens (including phenoxy) is 1. The lowest BCUT2D eigenvalue weighted by Gasteiger charge is -2.12. The van der Waals surface area contributed by atoms with E-state index in [1.807, 2.05) is 41.8 Å². The summed E-state index contributed by atoms with van der Waals surface area (Å²) in [6.07, 6.45) is -0.596. The first kappa shape index (κ1) is 10.2. The second-order valence-electron chi connectivity index (χ2n) is 3.16. The second-order valence-corrected chi connectivity index (χ2v) is 4.14. The van der Waals surface area contributed by atoms with Crippen molar-refractivity contribution >= 4 is 11.3 Å². The van der Waals surface area contributed by atoms with Gasteiger partial charge in [0.05, 0.1) is 7.11 Å². The fourth-order valence-electron chi connectivity index (χ4n) is 1.49. The quantitative estimate of drug-likeness (QED) is 0.861. The van der Waals surface area contributed by atoms with E-state index in [1.165, 1.54) is 11.3 Å². The van der Waals surface area contributed by atoms with Gasteiger partial charge >= 0.3 is 0 Å². The Balaban J connectivity index is 2.37. The Morgan fingerprint density at radius 2 is 2.00 bits per heavy atom. The molecule has 0 aliphatic carbocycles. The first-order chi connectivity index (χ1) is 7.33. The Bertz CT molecular complexity index is 423. The number of hydrogen-bond acceptors (Lipinski definition) is 3. The number of benzene rings is 1. The first-order valence-corrected chi connectivity index (χ1v) is 5.55. The summed E-state index contributed by atoms with van der Waals surface area (Å²) in [6.45, 7) is 0. The molecule has 1 aromatic heterocycles. The third-order valence-electron chi connectivity index (χ3n) is 2.25. The van der Waals surface area contributed by atoms with Crippen LogP contribution in [0, 0.1) is 0 Å². The van der Waals surface area contributed by atoms with E-state index in [9.17, 15) is 5.11 Å². The topological polar surface area (TPSA) is 29.5 Å². The number of para-hydroxylation sites is 1. The Morgan fingerprint density at radius 1 is 1.20 bits per heavy atom. The number of rotatable bonds is 3. The third kappa shape index (κ3) is 2.03. The molecule has 0 aliphatic rings. The van der Waals surface area contributed by atoms with Gasteiger partial charge < -0.3 is 9.84 Å².